The maximum atomic E-state index is 8.72. The van der Waals surface area contributed by atoms with Crippen LogP contribution in [0.15, 0.2) is 42.0 Å². The SMILES string of the molecule is N#C/C(=N\Nc1ccc(-n2ccnc2)c(Cl)c1)C(=N)N. The average Bonchev–Trinajstić information content (AvgIpc) is 2.93. The van der Waals surface area contributed by atoms with Crippen molar-refractivity contribution in [3.05, 3.63) is 41.9 Å². The summed E-state index contributed by atoms with van der Waals surface area (Å²) in [6.45, 7) is 0. The molecule has 0 spiro atoms. The molecule has 0 aliphatic heterocycles. The number of nitrogens with two attached hydrogens (primary N) is 1. The van der Waals surface area contributed by atoms with Crippen LogP contribution in [0, 0.1) is 16.7 Å². The minimum absolute atomic E-state index is 0.195. The Hall–Kier alpha value is -2.85. The number of hydrogen-bond donors (Lipinski definition) is 3. The number of rotatable bonds is 4. The lowest BCUT2D eigenvalue weighted by Gasteiger charge is -2.07. The minimum atomic E-state index is -0.402. The highest BCUT2D eigenvalue weighted by molar-refractivity contribution is 6.45. The van der Waals surface area contributed by atoms with Crippen molar-refractivity contribution < 1.29 is 0 Å². The van der Waals surface area contributed by atoms with Crippen LogP contribution in [-0.2, 0) is 0 Å². The lowest BCUT2D eigenvalue weighted by Crippen LogP contribution is -2.21. The van der Waals surface area contributed by atoms with Crippen molar-refractivity contribution >= 4 is 28.8 Å². The van der Waals surface area contributed by atoms with Gasteiger partial charge in [0.15, 0.2) is 5.84 Å². The molecule has 20 heavy (non-hydrogen) atoms. The highest BCUT2D eigenvalue weighted by atomic mass is 35.5. The van der Waals surface area contributed by atoms with Gasteiger partial charge in [0.2, 0.25) is 5.71 Å². The fourth-order valence-corrected chi connectivity index (χ4v) is 1.73. The van der Waals surface area contributed by atoms with E-state index in [1.54, 1.807) is 47.6 Å². The number of nitrogens with zero attached hydrogens (tertiary/aromatic N) is 4. The molecule has 0 amide bonds. The molecule has 0 fully saturated rings. The van der Waals surface area contributed by atoms with Gasteiger partial charge in [0.1, 0.15) is 6.07 Å². The number of hydrazone groups is 1. The van der Waals surface area contributed by atoms with E-state index in [1.165, 1.54) is 0 Å². The number of hydrogen-bond acceptors (Lipinski definition) is 5. The van der Waals surface area contributed by atoms with Gasteiger partial charge in [0.05, 0.1) is 22.7 Å². The maximum absolute atomic E-state index is 8.72. The van der Waals surface area contributed by atoms with Crippen molar-refractivity contribution in [1.29, 1.82) is 10.7 Å². The number of nitriles is 1. The van der Waals surface area contributed by atoms with Crippen molar-refractivity contribution in [1.82, 2.24) is 9.55 Å². The lowest BCUT2D eigenvalue weighted by atomic mass is 10.3. The van der Waals surface area contributed by atoms with Crippen molar-refractivity contribution in [2.24, 2.45) is 10.8 Å². The lowest BCUT2D eigenvalue weighted by molar-refractivity contribution is 1.06. The second kappa shape index (κ2) is 5.86. The summed E-state index contributed by atoms with van der Waals surface area (Å²) in [4.78, 5) is 3.95. The molecule has 0 saturated carbocycles. The number of benzene rings is 1. The van der Waals surface area contributed by atoms with Crippen molar-refractivity contribution in [3.63, 3.8) is 0 Å². The van der Waals surface area contributed by atoms with Gasteiger partial charge in [-0.3, -0.25) is 10.8 Å². The minimum Gasteiger partial charge on any atom is -0.382 e. The Morgan fingerprint density at radius 1 is 1.55 bits per heavy atom. The van der Waals surface area contributed by atoms with Crippen molar-refractivity contribution in [2.75, 3.05) is 5.43 Å². The zero-order chi connectivity index (χ0) is 14.5. The van der Waals surface area contributed by atoms with Crippen LogP contribution in [0.2, 0.25) is 5.02 Å². The topological polar surface area (TPSA) is 116 Å². The van der Waals surface area contributed by atoms with E-state index < -0.39 is 5.84 Å². The van der Waals surface area contributed by atoms with E-state index in [0.29, 0.717) is 10.7 Å². The van der Waals surface area contributed by atoms with Crippen molar-refractivity contribution in [3.8, 4) is 11.8 Å². The van der Waals surface area contributed by atoms with E-state index in [0.717, 1.165) is 5.69 Å². The molecular weight excluding hydrogens is 278 g/mol. The van der Waals surface area contributed by atoms with E-state index in [-0.39, 0.29) is 5.71 Å². The van der Waals surface area contributed by atoms with Gasteiger partial charge < -0.3 is 10.3 Å². The van der Waals surface area contributed by atoms with Crippen LogP contribution < -0.4 is 11.2 Å². The van der Waals surface area contributed by atoms with Crippen LogP contribution in [0.1, 0.15) is 0 Å². The maximum Gasteiger partial charge on any atom is 0.201 e. The molecule has 0 aliphatic rings. The number of imidazole rings is 1. The van der Waals surface area contributed by atoms with E-state index in [9.17, 15) is 0 Å². The van der Waals surface area contributed by atoms with Crippen LogP contribution in [0.4, 0.5) is 5.69 Å². The van der Waals surface area contributed by atoms with Gasteiger partial charge in [0, 0.05) is 12.4 Å². The highest BCUT2D eigenvalue weighted by Gasteiger charge is 2.05. The molecule has 4 N–H and O–H groups in total. The molecule has 1 aromatic carbocycles. The molecule has 1 aromatic heterocycles. The Balaban J connectivity index is 2.23. The average molecular weight is 288 g/mol. The smallest absolute Gasteiger partial charge is 0.201 e. The number of halogens is 1. The van der Waals surface area contributed by atoms with E-state index in [1.807, 2.05) is 0 Å². The molecule has 0 unspecified atom stereocenters. The molecule has 2 aromatic rings. The number of anilines is 1. The summed E-state index contributed by atoms with van der Waals surface area (Å²) in [6, 6.07) is 6.88. The third-order valence-electron chi connectivity index (χ3n) is 2.39. The van der Waals surface area contributed by atoms with Gasteiger partial charge in [-0.15, -0.1) is 0 Å². The summed E-state index contributed by atoms with van der Waals surface area (Å²) in [5.41, 5.74) is 8.96. The van der Waals surface area contributed by atoms with Gasteiger partial charge in [-0.05, 0) is 18.2 Å². The largest absolute Gasteiger partial charge is 0.382 e. The summed E-state index contributed by atoms with van der Waals surface area (Å²) in [5.74, 6) is -0.402. The monoisotopic (exact) mass is 287 g/mol. The zero-order valence-corrected chi connectivity index (χ0v) is 11.0. The van der Waals surface area contributed by atoms with Gasteiger partial charge >= 0.3 is 0 Å². The van der Waals surface area contributed by atoms with Crippen LogP contribution in [-0.4, -0.2) is 21.1 Å². The standard InChI is InChI=1S/C12H10ClN7/c13-9-5-8(18-19-10(6-14)12(15)16)1-2-11(9)20-4-3-17-7-20/h1-5,7,18H,(H3,15,16)/b19-10+. The second-order valence-corrected chi connectivity index (χ2v) is 4.14. The summed E-state index contributed by atoms with van der Waals surface area (Å²) < 4.78 is 1.77. The second-order valence-electron chi connectivity index (χ2n) is 3.73. The summed E-state index contributed by atoms with van der Waals surface area (Å²) in [7, 11) is 0. The Bertz CT molecular complexity index is 697. The molecule has 0 radical (unpaired) electrons. The zero-order valence-electron chi connectivity index (χ0n) is 10.2. The molecule has 0 atom stereocenters. The molecule has 0 aliphatic carbocycles. The molecular formula is C12H10ClN7. The summed E-state index contributed by atoms with van der Waals surface area (Å²) in [5, 5.41) is 20.1. The quantitative estimate of drug-likeness (QED) is 0.451. The van der Waals surface area contributed by atoms with Crippen LogP contribution in [0.25, 0.3) is 5.69 Å². The summed E-state index contributed by atoms with van der Waals surface area (Å²) >= 11 is 6.16. The molecule has 0 bridgehead atoms. The Kier molecular flexibility index (Phi) is 3.98. The van der Waals surface area contributed by atoms with E-state index in [2.05, 4.69) is 15.5 Å². The first-order valence-electron chi connectivity index (χ1n) is 5.48. The van der Waals surface area contributed by atoms with Crippen LogP contribution in [0.5, 0.6) is 0 Å². The number of amidine groups is 1. The molecule has 100 valence electrons. The predicted octanol–water partition coefficient (Wildman–Crippen LogP) is 1.75. The Morgan fingerprint density at radius 2 is 2.35 bits per heavy atom. The normalized spacial score (nSPS) is 10.9. The molecule has 0 saturated heterocycles. The first-order chi connectivity index (χ1) is 9.61. The Labute approximate surface area is 119 Å². The fourth-order valence-electron chi connectivity index (χ4n) is 1.45. The number of aromatic nitrogens is 2. The third-order valence-corrected chi connectivity index (χ3v) is 2.69. The van der Waals surface area contributed by atoms with Crippen LogP contribution in [0.3, 0.4) is 0 Å². The van der Waals surface area contributed by atoms with Gasteiger partial charge in [-0.25, -0.2) is 4.98 Å². The first kappa shape index (κ1) is 13.6. The first-order valence-corrected chi connectivity index (χ1v) is 5.85. The molecule has 1 heterocycles. The van der Waals surface area contributed by atoms with Gasteiger partial charge in [-0.1, -0.05) is 11.6 Å². The fraction of sp³-hybridized carbons (Fsp3) is 0. The van der Waals surface area contributed by atoms with Gasteiger partial charge in [0.25, 0.3) is 0 Å². The van der Waals surface area contributed by atoms with Crippen molar-refractivity contribution in [2.45, 2.75) is 0 Å². The third kappa shape index (κ3) is 2.93. The van der Waals surface area contributed by atoms with E-state index >= 15 is 0 Å². The highest BCUT2D eigenvalue weighted by Crippen LogP contribution is 2.24. The molecule has 8 heteroatoms. The molecule has 7 nitrogen and oxygen atoms in total. The Morgan fingerprint density at radius 3 is 2.90 bits per heavy atom. The predicted molar refractivity (Wildman–Crippen MR) is 77.2 cm³/mol. The summed E-state index contributed by atoms with van der Waals surface area (Å²) in [6.07, 6.45) is 5.06. The molecule has 2 rings (SSSR count). The number of nitrogens with one attached hydrogen (secondary N) is 2. The van der Waals surface area contributed by atoms with E-state index in [4.69, 9.17) is 28.0 Å². The van der Waals surface area contributed by atoms with Crippen LogP contribution >= 0.6 is 11.6 Å². The van der Waals surface area contributed by atoms with Gasteiger partial charge in [-0.2, -0.15) is 10.4 Å².